The lowest BCUT2D eigenvalue weighted by atomic mass is 9.83. The summed E-state index contributed by atoms with van der Waals surface area (Å²) in [7, 11) is 0. The second kappa shape index (κ2) is 6.18. The second-order valence-electron chi connectivity index (χ2n) is 5.86. The van der Waals surface area contributed by atoms with Crippen LogP contribution in [0.15, 0.2) is 17.5 Å². The first-order valence-electron chi connectivity index (χ1n) is 7.12. The van der Waals surface area contributed by atoms with E-state index in [1.807, 2.05) is 11.3 Å². The van der Waals surface area contributed by atoms with Crippen molar-refractivity contribution in [2.45, 2.75) is 46.2 Å². The highest BCUT2D eigenvalue weighted by Gasteiger charge is 2.34. The van der Waals surface area contributed by atoms with E-state index in [2.05, 4.69) is 48.5 Å². The fourth-order valence-electron chi connectivity index (χ4n) is 2.80. The van der Waals surface area contributed by atoms with Gasteiger partial charge in [-0.3, -0.25) is 4.90 Å². The van der Waals surface area contributed by atoms with Gasteiger partial charge in [0.1, 0.15) is 0 Å². The molecule has 0 bridgehead atoms. The van der Waals surface area contributed by atoms with Gasteiger partial charge in [0.15, 0.2) is 0 Å². The van der Waals surface area contributed by atoms with Crippen molar-refractivity contribution < 1.29 is 0 Å². The molecular weight excluding hydrogens is 240 g/mol. The largest absolute Gasteiger partial charge is 0.316 e. The molecule has 1 aliphatic rings. The van der Waals surface area contributed by atoms with Gasteiger partial charge in [-0.05, 0) is 50.1 Å². The van der Waals surface area contributed by atoms with Gasteiger partial charge in [-0.2, -0.15) is 0 Å². The van der Waals surface area contributed by atoms with Crippen molar-refractivity contribution >= 4 is 11.3 Å². The van der Waals surface area contributed by atoms with Crippen LogP contribution in [0.25, 0.3) is 0 Å². The molecule has 1 atom stereocenters. The first-order chi connectivity index (χ1) is 8.65. The van der Waals surface area contributed by atoms with Gasteiger partial charge in [0.05, 0.1) is 0 Å². The third kappa shape index (κ3) is 3.34. The van der Waals surface area contributed by atoms with Gasteiger partial charge in [-0.15, -0.1) is 11.3 Å². The van der Waals surface area contributed by atoms with Crippen LogP contribution in [-0.4, -0.2) is 30.6 Å². The Kier molecular flexibility index (Phi) is 4.82. The molecular formula is C15H26N2S. The summed E-state index contributed by atoms with van der Waals surface area (Å²) >= 11 is 1.88. The number of rotatable bonds is 6. The molecule has 1 unspecified atom stereocenters. The summed E-state index contributed by atoms with van der Waals surface area (Å²) in [6, 6.07) is 5.03. The lowest BCUT2D eigenvalue weighted by Crippen LogP contribution is -2.41. The highest BCUT2D eigenvalue weighted by atomic mass is 32.1. The van der Waals surface area contributed by atoms with Gasteiger partial charge >= 0.3 is 0 Å². The Morgan fingerprint density at radius 2 is 2.33 bits per heavy atom. The van der Waals surface area contributed by atoms with Crippen LogP contribution in [0.5, 0.6) is 0 Å². The standard InChI is InChI=1S/C15H26N2S/c1-4-15(7-8-16-11-15)12-17(13(2)3)10-14-6-5-9-18-14/h5-6,9,13,16H,4,7-8,10-12H2,1-3H3. The summed E-state index contributed by atoms with van der Waals surface area (Å²) < 4.78 is 0. The summed E-state index contributed by atoms with van der Waals surface area (Å²) in [5.74, 6) is 0. The molecule has 2 heterocycles. The number of hydrogen-bond donors (Lipinski definition) is 1. The van der Waals surface area contributed by atoms with E-state index in [4.69, 9.17) is 0 Å². The molecule has 102 valence electrons. The molecule has 1 aromatic rings. The fourth-order valence-corrected chi connectivity index (χ4v) is 3.53. The Labute approximate surface area is 115 Å². The van der Waals surface area contributed by atoms with E-state index in [-0.39, 0.29) is 0 Å². The molecule has 1 N–H and O–H groups in total. The molecule has 1 fully saturated rings. The molecule has 1 aliphatic heterocycles. The smallest absolute Gasteiger partial charge is 0.0330 e. The Morgan fingerprint density at radius 1 is 1.50 bits per heavy atom. The molecule has 0 radical (unpaired) electrons. The van der Waals surface area contributed by atoms with E-state index in [9.17, 15) is 0 Å². The number of thiophene rings is 1. The summed E-state index contributed by atoms with van der Waals surface area (Å²) in [5.41, 5.74) is 0.502. The minimum Gasteiger partial charge on any atom is -0.316 e. The van der Waals surface area contributed by atoms with Crippen molar-refractivity contribution in [3.63, 3.8) is 0 Å². The number of nitrogens with one attached hydrogen (secondary N) is 1. The average Bonchev–Trinajstić information content (AvgIpc) is 3.00. The molecule has 1 aromatic heterocycles. The summed E-state index contributed by atoms with van der Waals surface area (Å²) in [6.45, 7) is 11.7. The van der Waals surface area contributed by atoms with E-state index in [0.29, 0.717) is 11.5 Å². The molecule has 18 heavy (non-hydrogen) atoms. The van der Waals surface area contributed by atoms with E-state index >= 15 is 0 Å². The van der Waals surface area contributed by atoms with Crippen molar-refractivity contribution in [1.82, 2.24) is 10.2 Å². The van der Waals surface area contributed by atoms with Gasteiger partial charge in [-0.1, -0.05) is 13.0 Å². The Balaban J connectivity index is 2.01. The third-order valence-electron chi connectivity index (χ3n) is 4.29. The van der Waals surface area contributed by atoms with E-state index in [1.165, 1.54) is 37.4 Å². The van der Waals surface area contributed by atoms with Gasteiger partial charge in [0.2, 0.25) is 0 Å². The van der Waals surface area contributed by atoms with Gasteiger partial charge in [0.25, 0.3) is 0 Å². The maximum absolute atomic E-state index is 3.54. The maximum Gasteiger partial charge on any atom is 0.0330 e. The first-order valence-corrected chi connectivity index (χ1v) is 8.00. The lowest BCUT2D eigenvalue weighted by Gasteiger charge is -2.36. The molecule has 0 saturated carbocycles. The van der Waals surface area contributed by atoms with Gasteiger partial charge in [0, 0.05) is 30.6 Å². The van der Waals surface area contributed by atoms with Crippen molar-refractivity contribution in [3.05, 3.63) is 22.4 Å². The molecule has 0 aromatic carbocycles. The molecule has 2 nitrogen and oxygen atoms in total. The Bertz CT molecular complexity index is 339. The lowest BCUT2D eigenvalue weighted by molar-refractivity contribution is 0.123. The third-order valence-corrected chi connectivity index (χ3v) is 5.15. The van der Waals surface area contributed by atoms with Crippen LogP contribution in [0, 0.1) is 5.41 Å². The highest BCUT2D eigenvalue weighted by Crippen LogP contribution is 2.31. The van der Waals surface area contributed by atoms with Crippen LogP contribution in [0.3, 0.4) is 0 Å². The fraction of sp³-hybridized carbons (Fsp3) is 0.733. The molecule has 3 heteroatoms. The molecule has 1 saturated heterocycles. The topological polar surface area (TPSA) is 15.3 Å². The van der Waals surface area contributed by atoms with Crippen LogP contribution in [0.1, 0.15) is 38.5 Å². The van der Waals surface area contributed by atoms with Crippen LogP contribution in [0.2, 0.25) is 0 Å². The van der Waals surface area contributed by atoms with Crippen molar-refractivity contribution in [3.8, 4) is 0 Å². The van der Waals surface area contributed by atoms with Crippen LogP contribution in [0.4, 0.5) is 0 Å². The monoisotopic (exact) mass is 266 g/mol. The summed E-state index contributed by atoms with van der Waals surface area (Å²) in [5, 5.41) is 5.72. The van der Waals surface area contributed by atoms with Gasteiger partial charge < -0.3 is 5.32 Å². The maximum atomic E-state index is 3.54. The van der Waals surface area contributed by atoms with Crippen LogP contribution in [-0.2, 0) is 6.54 Å². The highest BCUT2D eigenvalue weighted by molar-refractivity contribution is 7.09. The van der Waals surface area contributed by atoms with Crippen LogP contribution >= 0.6 is 11.3 Å². The Morgan fingerprint density at radius 3 is 2.83 bits per heavy atom. The minimum absolute atomic E-state index is 0.502. The molecule has 0 amide bonds. The SMILES string of the molecule is CCC1(CN(Cc2cccs2)C(C)C)CCNC1. The normalized spacial score (nSPS) is 24.3. The van der Waals surface area contributed by atoms with E-state index in [0.717, 1.165) is 6.54 Å². The van der Waals surface area contributed by atoms with Crippen molar-refractivity contribution in [2.24, 2.45) is 5.41 Å². The zero-order chi connectivity index (χ0) is 13.0. The average molecular weight is 266 g/mol. The van der Waals surface area contributed by atoms with E-state index < -0.39 is 0 Å². The quantitative estimate of drug-likeness (QED) is 0.849. The summed E-state index contributed by atoms with van der Waals surface area (Å²) in [6.07, 6.45) is 2.62. The Hall–Kier alpha value is -0.380. The van der Waals surface area contributed by atoms with Crippen molar-refractivity contribution in [2.75, 3.05) is 19.6 Å². The molecule has 0 aliphatic carbocycles. The number of hydrogen-bond acceptors (Lipinski definition) is 3. The minimum atomic E-state index is 0.502. The van der Waals surface area contributed by atoms with Crippen LogP contribution < -0.4 is 5.32 Å². The number of nitrogens with zero attached hydrogens (tertiary/aromatic N) is 1. The predicted octanol–water partition coefficient (Wildman–Crippen LogP) is 3.35. The van der Waals surface area contributed by atoms with Gasteiger partial charge in [-0.25, -0.2) is 0 Å². The second-order valence-corrected chi connectivity index (χ2v) is 6.89. The molecule has 2 rings (SSSR count). The molecule has 0 spiro atoms. The van der Waals surface area contributed by atoms with E-state index in [1.54, 1.807) is 0 Å². The zero-order valence-electron chi connectivity index (χ0n) is 11.9. The predicted molar refractivity (Wildman–Crippen MR) is 80.1 cm³/mol. The summed E-state index contributed by atoms with van der Waals surface area (Å²) in [4.78, 5) is 4.13. The first kappa shape index (κ1) is 14.0. The zero-order valence-corrected chi connectivity index (χ0v) is 12.7. The van der Waals surface area contributed by atoms with Crippen molar-refractivity contribution in [1.29, 1.82) is 0 Å².